The summed E-state index contributed by atoms with van der Waals surface area (Å²) >= 11 is 1.88. The van der Waals surface area contributed by atoms with Crippen LogP contribution in [-0.2, 0) is 0 Å². The molecule has 0 spiro atoms. The molecule has 1 aliphatic rings. The fourth-order valence-corrected chi connectivity index (χ4v) is 3.69. The van der Waals surface area contributed by atoms with Gasteiger partial charge in [-0.2, -0.15) is 0 Å². The topological polar surface area (TPSA) is 15.3 Å². The van der Waals surface area contributed by atoms with Crippen molar-refractivity contribution in [1.82, 2.24) is 5.32 Å². The van der Waals surface area contributed by atoms with Crippen molar-refractivity contribution in [2.75, 3.05) is 25.0 Å². The number of nitrogens with zero attached hydrogens (tertiary/aromatic N) is 1. The largest absolute Gasteiger partial charge is 0.340 e. The SMILES string of the molecule is CNCCCCN1c2ccccc2Sc2ccccc21. The molecule has 0 aromatic heterocycles. The van der Waals surface area contributed by atoms with Crippen LogP contribution in [0.15, 0.2) is 58.3 Å². The van der Waals surface area contributed by atoms with Crippen LogP contribution in [0, 0.1) is 0 Å². The first-order valence-corrected chi connectivity index (χ1v) is 8.00. The van der Waals surface area contributed by atoms with Gasteiger partial charge in [-0.05, 0) is 50.7 Å². The van der Waals surface area contributed by atoms with Gasteiger partial charge in [0, 0.05) is 16.3 Å². The average molecular weight is 284 g/mol. The lowest BCUT2D eigenvalue weighted by atomic mass is 10.2. The number of hydrogen-bond donors (Lipinski definition) is 1. The molecule has 0 saturated carbocycles. The Labute approximate surface area is 125 Å². The van der Waals surface area contributed by atoms with Crippen LogP contribution in [0.4, 0.5) is 11.4 Å². The van der Waals surface area contributed by atoms with Crippen LogP contribution in [0.2, 0.25) is 0 Å². The quantitative estimate of drug-likeness (QED) is 0.825. The number of nitrogens with one attached hydrogen (secondary N) is 1. The van der Waals surface area contributed by atoms with E-state index < -0.39 is 0 Å². The van der Waals surface area contributed by atoms with E-state index in [-0.39, 0.29) is 0 Å². The summed E-state index contributed by atoms with van der Waals surface area (Å²) in [5.74, 6) is 0. The number of rotatable bonds is 5. The zero-order chi connectivity index (χ0) is 13.8. The molecule has 1 aliphatic heterocycles. The van der Waals surface area contributed by atoms with E-state index in [0.29, 0.717) is 0 Å². The standard InChI is InChI=1S/C17H20N2S/c1-18-12-6-7-13-19-14-8-2-4-10-16(14)20-17-11-5-3-9-15(17)19/h2-5,8-11,18H,6-7,12-13H2,1H3. The van der Waals surface area contributed by atoms with Crippen LogP contribution in [0.25, 0.3) is 0 Å². The molecular weight excluding hydrogens is 264 g/mol. The molecule has 20 heavy (non-hydrogen) atoms. The van der Waals surface area contributed by atoms with Gasteiger partial charge < -0.3 is 10.2 Å². The predicted octanol–water partition coefficient (Wildman–Crippen LogP) is 4.29. The highest BCUT2D eigenvalue weighted by Crippen LogP contribution is 2.47. The molecule has 0 fully saturated rings. The number of fused-ring (bicyclic) bond motifs is 2. The van der Waals surface area contributed by atoms with Crippen molar-refractivity contribution in [2.45, 2.75) is 22.6 Å². The summed E-state index contributed by atoms with van der Waals surface area (Å²) < 4.78 is 0. The van der Waals surface area contributed by atoms with E-state index in [1.54, 1.807) is 0 Å². The molecule has 0 amide bonds. The Bertz CT molecular complexity index is 537. The maximum Gasteiger partial charge on any atom is 0.0552 e. The van der Waals surface area contributed by atoms with Crippen molar-refractivity contribution in [3.63, 3.8) is 0 Å². The van der Waals surface area contributed by atoms with Crippen molar-refractivity contribution in [1.29, 1.82) is 0 Å². The van der Waals surface area contributed by atoms with Crippen LogP contribution in [-0.4, -0.2) is 20.1 Å². The summed E-state index contributed by atoms with van der Waals surface area (Å²) in [6, 6.07) is 17.4. The summed E-state index contributed by atoms with van der Waals surface area (Å²) in [6.45, 7) is 2.17. The van der Waals surface area contributed by atoms with E-state index in [0.717, 1.165) is 13.1 Å². The summed E-state index contributed by atoms with van der Waals surface area (Å²) in [7, 11) is 2.02. The van der Waals surface area contributed by atoms with Gasteiger partial charge in [0.05, 0.1) is 11.4 Å². The Morgan fingerprint density at radius 1 is 0.900 bits per heavy atom. The lowest BCUT2D eigenvalue weighted by Crippen LogP contribution is -2.22. The average Bonchev–Trinajstić information content (AvgIpc) is 2.50. The van der Waals surface area contributed by atoms with Crippen molar-refractivity contribution in [3.05, 3.63) is 48.5 Å². The lowest BCUT2D eigenvalue weighted by Gasteiger charge is -2.32. The Hall–Kier alpha value is -1.45. The fourth-order valence-electron chi connectivity index (χ4n) is 2.59. The summed E-state index contributed by atoms with van der Waals surface area (Å²) in [5.41, 5.74) is 2.70. The Kier molecular flexibility index (Phi) is 4.28. The molecule has 0 radical (unpaired) electrons. The van der Waals surface area contributed by atoms with E-state index >= 15 is 0 Å². The van der Waals surface area contributed by atoms with Gasteiger partial charge in [-0.15, -0.1) is 0 Å². The maximum atomic E-state index is 3.22. The summed E-state index contributed by atoms with van der Waals surface area (Å²) in [4.78, 5) is 5.19. The normalized spacial score (nSPS) is 12.9. The Morgan fingerprint density at radius 3 is 2.10 bits per heavy atom. The molecule has 0 saturated heterocycles. The highest BCUT2D eigenvalue weighted by molar-refractivity contribution is 7.99. The van der Waals surface area contributed by atoms with Gasteiger partial charge in [-0.25, -0.2) is 0 Å². The molecule has 2 aromatic rings. The smallest absolute Gasteiger partial charge is 0.0552 e. The highest BCUT2D eigenvalue weighted by atomic mass is 32.2. The first kappa shape index (κ1) is 13.5. The predicted molar refractivity (Wildman–Crippen MR) is 87.2 cm³/mol. The minimum absolute atomic E-state index is 1.08. The number of para-hydroxylation sites is 2. The molecule has 0 atom stereocenters. The third-order valence-electron chi connectivity index (χ3n) is 3.59. The highest BCUT2D eigenvalue weighted by Gasteiger charge is 2.21. The van der Waals surface area contributed by atoms with Crippen molar-refractivity contribution < 1.29 is 0 Å². The summed E-state index contributed by atoms with van der Waals surface area (Å²) in [6.07, 6.45) is 2.42. The van der Waals surface area contributed by atoms with Gasteiger partial charge in [0.15, 0.2) is 0 Å². The maximum absolute atomic E-state index is 3.22. The van der Waals surface area contributed by atoms with Crippen molar-refractivity contribution >= 4 is 23.1 Å². The van der Waals surface area contributed by atoms with E-state index in [4.69, 9.17) is 0 Å². The van der Waals surface area contributed by atoms with E-state index in [1.165, 1.54) is 34.0 Å². The molecule has 1 N–H and O–H groups in total. The van der Waals surface area contributed by atoms with E-state index in [1.807, 2.05) is 18.8 Å². The number of anilines is 2. The molecular formula is C17H20N2S. The first-order valence-electron chi connectivity index (χ1n) is 7.18. The summed E-state index contributed by atoms with van der Waals surface area (Å²) in [5, 5.41) is 3.22. The Morgan fingerprint density at radius 2 is 1.50 bits per heavy atom. The lowest BCUT2D eigenvalue weighted by molar-refractivity contribution is 0.675. The van der Waals surface area contributed by atoms with Crippen molar-refractivity contribution in [3.8, 4) is 0 Å². The van der Waals surface area contributed by atoms with Gasteiger partial charge in [0.2, 0.25) is 0 Å². The van der Waals surface area contributed by atoms with E-state index in [9.17, 15) is 0 Å². The van der Waals surface area contributed by atoms with Crippen LogP contribution >= 0.6 is 11.8 Å². The third kappa shape index (κ3) is 2.69. The molecule has 0 unspecified atom stereocenters. The van der Waals surface area contributed by atoms with Gasteiger partial charge in [0.25, 0.3) is 0 Å². The van der Waals surface area contributed by atoms with Crippen LogP contribution in [0.5, 0.6) is 0 Å². The van der Waals surface area contributed by atoms with Crippen LogP contribution in [0.1, 0.15) is 12.8 Å². The first-order chi connectivity index (χ1) is 9.90. The van der Waals surface area contributed by atoms with Gasteiger partial charge >= 0.3 is 0 Å². The zero-order valence-corrected chi connectivity index (χ0v) is 12.6. The van der Waals surface area contributed by atoms with E-state index in [2.05, 4.69) is 58.7 Å². The monoisotopic (exact) mass is 284 g/mol. The molecule has 1 heterocycles. The van der Waals surface area contributed by atoms with Gasteiger partial charge in [0.1, 0.15) is 0 Å². The molecule has 0 bridgehead atoms. The molecule has 2 nitrogen and oxygen atoms in total. The van der Waals surface area contributed by atoms with Gasteiger partial charge in [-0.1, -0.05) is 36.0 Å². The zero-order valence-electron chi connectivity index (χ0n) is 11.8. The minimum atomic E-state index is 1.08. The second-order valence-electron chi connectivity index (χ2n) is 5.00. The third-order valence-corrected chi connectivity index (χ3v) is 4.72. The molecule has 2 aromatic carbocycles. The fraction of sp³-hybridized carbons (Fsp3) is 0.294. The van der Waals surface area contributed by atoms with Crippen LogP contribution < -0.4 is 10.2 Å². The second-order valence-corrected chi connectivity index (χ2v) is 6.08. The number of unbranched alkanes of at least 4 members (excludes halogenated alkanes) is 1. The molecule has 3 heteroatoms. The van der Waals surface area contributed by atoms with Crippen molar-refractivity contribution in [2.24, 2.45) is 0 Å². The Balaban J connectivity index is 1.87. The minimum Gasteiger partial charge on any atom is -0.340 e. The number of hydrogen-bond acceptors (Lipinski definition) is 3. The van der Waals surface area contributed by atoms with Gasteiger partial charge in [-0.3, -0.25) is 0 Å². The van der Waals surface area contributed by atoms with Crippen LogP contribution in [0.3, 0.4) is 0 Å². The molecule has 104 valence electrons. The number of benzene rings is 2. The second kappa shape index (κ2) is 6.33. The molecule has 3 rings (SSSR count). The molecule has 0 aliphatic carbocycles.